The number of hydrogen-bond acceptors (Lipinski definition) is 4. The molecule has 2 heterocycles. The fraction of sp³-hybridized carbons (Fsp3) is 0.111. The predicted molar refractivity (Wildman–Crippen MR) is 58.3 cm³/mol. The lowest BCUT2D eigenvalue weighted by molar-refractivity contribution is -0.138. The lowest BCUT2D eigenvalue weighted by atomic mass is 10.3. The second-order valence-corrected chi connectivity index (χ2v) is 4.25. The Morgan fingerprint density at radius 3 is 2.93 bits per heavy atom. The molecule has 0 fully saturated rings. The zero-order valence-corrected chi connectivity index (χ0v) is 9.18. The van der Waals surface area contributed by atoms with Crippen molar-refractivity contribution in [3.63, 3.8) is 0 Å². The van der Waals surface area contributed by atoms with Gasteiger partial charge in [-0.25, -0.2) is 9.78 Å². The lowest BCUT2D eigenvalue weighted by Gasteiger charge is -2.21. The van der Waals surface area contributed by atoms with Crippen LogP contribution in [0.4, 0.5) is 5.82 Å². The third-order valence-electron chi connectivity index (χ3n) is 1.94. The highest BCUT2D eigenvalue weighted by Crippen LogP contribution is 2.25. The van der Waals surface area contributed by atoms with E-state index in [4.69, 9.17) is 5.11 Å². The first-order chi connectivity index (χ1) is 7.12. The van der Waals surface area contributed by atoms with Crippen LogP contribution < -0.4 is 10.4 Å². The first-order valence-corrected chi connectivity index (χ1v) is 5.01. The molecule has 1 atom stereocenters. The number of nitrogens with zero attached hydrogens (tertiary/aromatic N) is 2. The third-order valence-corrected chi connectivity index (χ3v) is 2.72. The predicted octanol–water partition coefficient (Wildman–Crippen LogP) is 1.10. The fourth-order valence-electron chi connectivity index (χ4n) is 1.18. The van der Waals surface area contributed by atoms with Gasteiger partial charge in [-0.1, -0.05) is 6.07 Å². The van der Waals surface area contributed by atoms with Gasteiger partial charge in [-0.15, -0.1) is 0 Å². The number of hydrazine groups is 1. The highest BCUT2D eigenvalue weighted by atomic mass is 79.9. The normalized spacial score (nSPS) is 24.5. The van der Waals surface area contributed by atoms with E-state index in [2.05, 4.69) is 26.3 Å². The number of nitrogens with one attached hydrogen (secondary N) is 1. The molecule has 0 aliphatic carbocycles. The SMILES string of the molecule is O=C(O)C1(Br)C=CN(c2ccccn2)N1. The molecule has 0 aromatic carbocycles. The van der Waals surface area contributed by atoms with E-state index in [0.717, 1.165) is 0 Å². The summed E-state index contributed by atoms with van der Waals surface area (Å²) in [5.74, 6) is -0.367. The number of alkyl halides is 1. The van der Waals surface area contributed by atoms with E-state index >= 15 is 0 Å². The molecule has 1 aromatic rings. The van der Waals surface area contributed by atoms with Gasteiger partial charge < -0.3 is 5.11 Å². The van der Waals surface area contributed by atoms with Gasteiger partial charge in [0.2, 0.25) is 4.45 Å². The minimum atomic E-state index is -1.25. The molecule has 78 valence electrons. The lowest BCUT2D eigenvalue weighted by Crippen LogP contribution is -2.47. The molecular weight excluding hydrogens is 262 g/mol. The molecule has 0 spiro atoms. The summed E-state index contributed by atoms with van der Waals surface area (Å²) in [6.45, 7) is 0. The number of rotatable bonds is 2. The maximum absolute atomic E-state index is 10.9. The smallest absolute Gasteiger partial charge is 0.340 e. The Balaban J connectivity index is 2.19. The van der Waals surface area contributed by atoms with Crippen LogP contribution in [0.15, 0.2) is 36.7 Å². The quantitative estimate of drug-likeness (QED) is 0.622. The minimum absolute atomic E-state index is 0.635. The Hall–Kier alpha value is -1.40. The Morgan fingerprint density at radius 2 is 2.40 bits per heavy atom. The van der Waals surface area contributed by atoms with Crippen LogP contribution in [0.3, 0.4) is 0 Å². The zero-order chi connectivity index (χ0) is 10.9. The number of anilines is 1. The van der Waals surface area contributed by atoms with Crippen molar-refractivity contribution >= 4 is 27.7 Å². The van der Waals surface area contributed by atoms with E-state index in [1.54, 1.807) is 29.5 Å². The van der Waals surface area contributed by atoms with Gasteiger partial charge >= 0.3 is 5.97 Å². The minimum Gasteiger partial charge on any atom is -0.479 e. The van der Waals surface area contributed by atoms with Crippen molar-refractivity contribution in [2.75, 3.05) is 5.01 Å². The molecule has 0 saturated carbocycles. The third kappa shape index (κ3) is 1.86. The summed E-state index contributed by atoms with van der Waals surface area (Å²) in [7, 11) is 0. The summed E-state index contributed by atoms with van der Waals surface area (Å²) in [4.78, 5) is 15.0. The Kier molecular flexibility index (Phi) is 2.45. The van der Waals surface area contributed by atoms with E-state index in [9.17, 15) is 4.79 Å². The van der Waals surface area contributed by atoms with Crippen LogP contribution in [-0.4, -0.2) is 20.5 Å². The molecule has 1 aliphatic heterocycles. The van der Waals surface area contributed by atoms with Crippen LogP contribution in [0, 0.1) is 0 Å². The van der Waals surface area contributed by atoms with Crippen LogP contribution in [-0.2, 0) is 4.79 Å². The Labute approximate surface area is 94.5 Å². The molecule has 0 bridgehead atoms. The maximum Gasteiger partial charge on any atom is 0.340 e. The van der Waals surface area contributed by atoms with E-state index in [0.29, 0.717) is 5.82 Å². The molecule has 0 radical (unpaired) electrons. The van der Waals surface area contributed by atoms with Crippen molar-refractivity contribution < 1.29 is 9.90 Å². The van der Waals surface area contributed by atoms with Crippen molar-refractivity contribution in [2.45, 2.75) is 4.45 Å². The van der Waals surface area contributed by atoms with E-state index in [1.807, 2.05) is 6.07 Å². The van der Waals surface area contributed by atoms with Crippen molar-refractivity contribution in [2.24, 2.45) is 0 Å². The van der Waals surface area contributed by atoms with Gasteiger partial charge in [0.1, 0.15) is 5.82 Å². The number of halogens is 1. The van der Waals surface area contributed by atoms with E-state index in [-0.39, 0.29) is 0 Å². The summed E-state index contributed by atoms with van der Waals surface area (Å²) in [5, 5.41) is 10.5. The summed E-state index contributed by atoms with van der Waals surface area (Å²) in [6.07, 6.45) is 4.76. The molecule has 1 unspecified atom stereocenters. The topological polar surface area (TPSA) is 65.5 Å². The van der Waals surface area contributed by atoms with Crippen LogP contribution in [0.2, 0.25) is 0 Å². The number of carboxylic acid groups (broad SMARTS) is 1. The van der Waals surface area contributed by atoms with E-state index in [1.165, 1.54) is 6.08 Å². The molecule has 15 heavy (non-hydrogen) atoms. The monoisotopic (exact) mass is 269 g/mol. The van der Waals surface area contributed by atoms with Gasteiger partial charge in [-0.05, 0) is 34.1 Å². The number of carboxylic acids is 1. The first kappa shape index (κ1) is 10.1. The van der Waals surface area contributed by atoms with Gasteiger partial charge in [0, 0.05) is 12.4 Å². The van der Waals surface area contributed by atoms with Crippen LogP contribution in [0.5, 0.6) is 0 Å². The summed E-state index contributed by atoms with van der Waals surface area (Å²) >= 11 is 3.08. The molecule has 1 aliphatic rings. The average Bonchev–Trinajstić information content (AvgIpc) is 2.64. The van der Waals surface area contributed by atoms with Gasteiger partial charge in [-0.2, -0.15) is 5.43 Å². The zero-order valence-electron chi connectivity index (χ0n) is 7.59. The van der Waals surface area contributed by atoms with Crippen molar-refractivity contribution in [1.29, 1.82) is 0 Å². The molecule has 2 N–H and O–H groups in total. The summed E-state index contributed by atoms with van der Waals surface area (Å²) in [5.41, 5.74) is 2.76. The number of carbonyl (C=O) groups is 1. The first-order valence-electron chi connectivity index (χ1n) is 4.21. The molecule has 1 aromatic heterocycles. The van der Waals surface area contributed by atoms with Gasteiger partial charge in [0.15, 0.2) is 0 Å². The van der Waals surface area contributed by atoms with Crippen molar-refractivity contribution in [1.82, 2.24) is 10.4 Å². The van der Waals surface area contributed by atoms with Crippen LogP contribution in [0.25, 0.3) is 0 Å². The molecule has 6 heteroatoms. The second-order valence-electron chi connectivity index (χ2n) is 3.00. The number of pyridine rings is 1. The largest absolute Gasteiger partial charge is 0.479 e. The summed E-state index contributed by atoms with van der Waals surface area (Å²) in [6, 6.07) is 5.40. The average molecular weight is 270 g/mol. The Morgan fingerprint density at radius 1 is 1.60 bits per heavy atom. The van der Waals surface area contributed by atoms with Gasteiger partial charge in [0.05, 0.1) is 0 Å². The fourth-order valence-corrected chi connectivity index (χ4v) is 1.49. The summed E-state index contributed by atoms with van der Waals surface area (Å²) < 4.78 is -1.25. The molecule has 0 saturated heterocycles. The standard InChI is InChI=1S/C9H8BrN3O2/c10-9(8(14)15)4-6-13(12-9)7-3-1-2-5-11-7/h1-6,12H,(H,14,15). The molecule has 0 amide bonds. The highest BCUT2D eigenvalue weighted by molar-refractivity contribution is 9.10. The van der Waals surface area contributed by atoms with Crippen molar-refractivity contribution in [3.05, 3.63) is 36.7 Å². The van der Waals surface area contributed by atoms with Gasteiger partial charge in [-0.3, -0.25) is 5.01 Å². The van der Waals surface area contributed by atoms with Gasteiger partial charge in [0.25, 0.3) is 0 Å². The number of aliphatic carboxylic acids is 1. The number of hydrogen-bond donors (Lipinski definition) is 2. The van der Waals surface area contributed by atoms with Crippen molar-refractivity contribution in [3.8, 4) is 0 Å². The maximum atomic E-state index is 10.9. The number of aromatic nitrogens is 1. The van der Waals surface area contributed by atoms with E-state index < -0.39 is 10.4 Å². The second kappa shape index (κ2) is 3.63. The molecule has 2 rings (SSSR count). The highest BCUT2D eigenvalue weighted by Gasteiger charge is 2.38. The Bertz CT molecular complexity index is 409. The molecule has 5 nitrogen and oxygen atoms in total. The van der Waals surface area contributed by atoms with Crippen LogP contribution >= 0.6 is 15.9 Å². The van der Waals surface area contributed by atoms with Crippen LogP contribution in [0.1, 0.15) is 0 Å². The molecular formula is C9H8BrN3O2.